The van der Waals surface area contributed by atoms with E-state index in [1.807, 2.05) is 12.4 Å². The zero-order valence-corrected chi connectivity index (χ0v) is 11.0. The molecule has 1 aromatic heterocycles. The molecule has 0 saturated heterocycles. The van der Waals surface area contributed by atoms with Gasteiger partial charge in [0.1, 0.15) is 5.82 Å². The first-order valence-electron chi connectivity index (χ1n) is 6.34. The summed E-state index contributed by atoms with van der Waals surface area (Å²) in [5.41, 5.74) is 3.66. The van der Waals surface area contributed by atoms with Crippen molar-refractivity contribution in [3.05, 3.63) is 59.2 Å². The second-order valence-electron chi connectivity index (χ2n) is 4.45. The summed E-state index contributed by atoms with van der Waals surface area (Å²) in [4.78, 5) is 8.80. The van der Waals surface area contributed by atoms with Gasteiger partial charge in [0, 0.05) is 30.9 Å². The molecular formula is C15H19N3. The summed E-state index contributed by atoms with van der Waals surface area (Å²) < 4.78 is 0. The van der Waals surface area contributed by atoms with E-state index in [2.05, 4.69) is 53.4 Å². The van der Waals surface area contributed by atoms with E-state index in [1.54, 1.807) is 0 Å². The maximum Gasteiger partial charge on any atom is 0.132 e. The van der Waals surface area contributed by atoms with Crippen LogP contribution in [0.1, 0.15) is 29.4 Å². The van der Waals surface area contributed by atoms with Crippen LogP contribution in [0.4, 0.5) is 0 Å². The lowest BCUT2D eigenvalue weighted by Crippen LogP contribution is -2.12. The molecule has 0 fully saturated rings. The normalized spacial score (nSPS) is 10.6. The Morgan fingerprint density at radius 1 is 1.00 bits per heavy atom. The maximum absolute atomic E-state index is 4.40. The first-order chi connectivity index (χ1) is 8.78. The largest absolute Gasteiger partial charge is 0.313 e. The van der Waals surface area contributed by atoms with Crippen molar-refractivity contribution in [1.29, 1.82) is 0 Å². The molecule has 0 aliphatic rings. The van der Waals surface area contributed by atoms with Gasteiger partial charge in [-0.2, -0.15) is 0 Å². The van der Waals surface area contributed by atoms with Crippen LogP contribution in [0.15, 0.2) is 36.7 Å². The molecule has 0 aliphatic heterocycles. The van der Waals surface area contributed by atoms with E-state index in [0.717, 1.165) is 30.9 Å². The molecule has 1 N–H and O–H groups in total. The second-order valence-corrected chi connectivity index (χ2v) is 4.45. The number of aryl methyl sites for hydroxylation is 1. The molecule has 2 rings (SSSR count). The Labute approximate surface area is 108 Å². The average Bonchev–Trinajstić information content (AvgIpc) is 2.41. The maximum atomic E-state index is 4.40. The third-order valence-corrected chi connectivity index (χ3v) is 2.82. The van der Waals surface area contributed by atoms with Crippen LogP contribution in [0.25, 0.3) is 0 Å². The number of benzene rings is 1. The molecule has 0 atom stereocenters. The lowest BCUT2D eigenvalue weighted by molar-refractivity contribution is 0.718. The van der Waals surface area contributed by atoms with Crippen LogP contribution in [0.3, 0.4) is 0 Å². The van der Waals surface area contributed by atoms with Crippen molar-refractivity contribution in [2.24, 2.45) is 0 Å². The van der Waals surface area contributed by atoms with Crippen LogP contribution in [-0.2, 0) is 13.0 Å². The van der Waals surface area contributed by atoms with E-state index < -0.39 is 0 Å². The predicted octanol–water partition coefficient (Wildman–Crippen LogP) is 2.49. The summed E-state index contributed by atoms with van der Waals surface area (Å²) in [5, 5.41) is 3.26. The molecule has 18 heavy (non-hydrogen) atoms. The highest BCUT2D eigenvalue weighted by atomic mass is 14.9. The van der Waals surface area contributed by atoms with Crippen molar-refractivity contribution < 1.29 is 0 Å². The predicted molar refractivity (Wildman–Crippen MR) is 73.4 cm³/mol. The minimum atomic E-state index is 0.793. The van der Waals surface area contributed by atoms with Crippen molar-refractivity contribution in [2.75, 3.05) is 6.54 Å². The number of rotatable bonds is 5. The van der Waals surface area contributed by atoms with Crippen LogP contribution < -0.4 is 5.32 Å². The number of aromatic nitrogens is 2. The van der Waals surface area contributed by atoms with Gasteiger partial charge in [0.05, 0.1) is 0 Å². The molecule has 0 radical (unpaired) electrons. The van der Waals surface area contributed by atoms with E-state index >= 15 is 0 Å². The summed E-state index contributed by atoms with van der Waals surface area (Å²) >= 11 is 0. The molecule has 3 heteroatoms. The molecule has 0 bridgehead atoms. The van der Waals surface area contributed by atoms with Gasteiger partial charge >= 0.3 is 0 Å². The number of nitrogens with zero attached hydrogens (tertiary/aromatic N) is 2. The van der Waals surface area contributed by atoms with Crippen molar-refractivity contribution in [3.63, 3.8) is 0 Å². The fourth-order valence-electron chi connectivity index (χ4n) is 1.72. The lowest BCUT2D eigenvalue weighted by atomic mass is 10.1. The molecule has 0 spiro atoms. The van der Waals surface area contributed by atoms with Gasteiger partial charge in [-0.1, -0.05) is 36.8 Å². The van der Waals surface area contributed by atoms with Crippen LogP contribution in [0, 0.1) is 6.92 Å². The molecule has 94 valence electrons. The standard InChI is InChI=1S/C15H19N3/c1-3-16-9-14-10-17-15(18-11-14)8-13-6-4-12(2)5-7-13/h4-7,10-11,16H,3,8-9H2,1-2H3. The Morgan fingerprint density at radius 3 is 2.28 bits per heavy atom. The van der Waals surface area contributed by atoms with Gasteiger partial charge in [0.2, 0.25) is 0 Å². The minimum absolute atomic E-state index is 0.793. The molecule has 0 amide bonds. The molecule has 1 heterocycles. The van der Waals surface area contributed by atoms with Crippen molar-refractivity contribution in [2.45, 2.75) is 26.8 Å². The van der Waals surface area contributed by atoms with Crippen molar-refractivity contribution >= 4 is 0 Å². The Hall–Kier alpha value is -1.74. The average molecular weight is 241 g/mol. The zero-order chi connectivity index (χ0) is 12.8. The van der Waals surface area contributed by atoms with Crippen LogP contribution in [-0.4, -0.2) is 16.5 Å². The Balaban J connectivity index is 1.99. The highest BCUT2D eigenvalue weighted by Crippen LogP contribution is 2.07. The quantitative estimate of drug-likeness (QED) is 0.874. The van der Waals surface area contributed by atoms with Crippen LogP contribution in [0.5, 0.6) is 0 Å². The second kappa shape index (κ2) is 6.26. The Morgan fingerprint density at radius 2 is 1.67 bits per heavy atom. The van der Waals surface area contributed by atoms with E-state index in [1.165, 1.54) is 11.1 Å². The van der Waals surface area contributed by atoms with E-state index in [0.29, 0.717) is 0 Å². The SMILES string of the molecule is CCNCc1cnc(Cc2ccc(C)cc2)nc1. The number of hydrogen-bond donors (Lipinski definition) is 1. The third-order valence-electron chi connectivity index (χ3n) is 2.82. The Bertz CT molecular complexity index is 474. The first kappa shape index (κ1) is 12.7. The summed E-state index contributed by atoms with van der Waals surface area (Å²) in [6.07, 6.45) is 4.60. The summed E-state index contributed by atoms with van der Waals surface area (Å²) in [7, 11) is 0. The van der Waals surface area contributed by atoms with E-state index in [-0.39, 0.29) is 0 Å². The fraction of sp³-hybridized carbons (Fsp3) is 0.333. The summed E-state index contributed by atoms with van der Waals surface area (Å²) in [6, 6.07) is 8.50. The third kappa shape index (κ3) is 3.64. The van der Waals surface area contributed by atoms with Gasteiger partial charge in [0.15, 0.2) is 0 Å². The Kier molecular flexibility index (Phi) is 4.42. The molecule has 3 nitrogen and oxygen atoms in total. The number of nitrogens with one attached hydrogen (secondary N) is 1. The van der Waals surface area contributed by atoms with Crippen LogP contribution >= 0.6 is 0 Å². The molecular weight excluding hydrogens is 222 g/mol. The molecule has 0 saturated carbocycles. The van der Waals surface area contributed by atoms with Gasteiger partial charge in [-0.05, 0) is 19.0 Å². The summed E-state index contributed by atoms with van der Waals surface area (Å²) in [6.45, 7) is 5.98. The monoisotopic (exact) mass is 241 g/mol. The van der Waals surface area contributed by atoms with E-state index in [4.69, 9.17) is 0 Å². The number of hydrogen-bond acceptors (Lipinski definition) is 3. The molecule has 1 aromatic carbocycles. The topological polar surface area (TPSA) is 37.8 Å². The fourth-order valence-corrected chi connectivity index (χ4v) is 1.72. The summed E-state index contributed by atoms with van der Waals surface area (Å²) in [5.74, 6) is 0.874. The smallest absolute Gasteiger partial charge is 0.132 e. The molecule has 0 unspecified atom stereocenters. The van der Waals surface area contributed by atoms with Gasteiger partial charge in [-0.15, -0.1) is 0 Å². The van der Waals surface area contributed by atoms with Gasteiger partial charge < -0.3 is 5.32 Å². The molecule has 2 aromatic rings. The van der Waals surface area contributed by atoms with E-state index in [9.17, 15) is 0 Å². The highest BCUT2D eigenvalue weighted by molar-refractivity contribution is 5.24. The van der Waals surface area contributed by atoms with Gasteiger partial charge in [-0.25, -0.2) is 9.97 Å². The van der Waals surface area contributed by atoms with Crippen molar-refractivity contribution in [3.8, 4) is 0 Å². The minimum Gasteiger partial charge on any atom is -0.313 e. The lowest BCUT2D eigenvalue weighted by Gasteiger charge is -2.04. The molecule has 0 aliphatic carbocycles. The van der Waals surface area contributed by atoms with Gasteiger partial charge in [0.25, 0.3) is 0 Å². The highest BCUT2D eigenvalue weighted by Gasteiger charge is 2.00. The first-order valence-corrected chi connectivity index (χ1v) is 6.34. The van der Waals surface area contributed by atoms with Crippen LogP contribution in [0.2, 0.25) is 0 Å². The van der Waals surface area contributed by atoms with Gasteiger partial charge in [-0.3, -0.25) is 0 Å². The van der Waals surface area contributed by atoms with Crippen molar-refractivity contribution in [1.82, 2.24) is 15.3 Å². The zero-order valence-electron chi connectivity index (χ0n) is 11.0.